The zero-order valence-corrected chi connectivity index (χ0v) is 48.7. The molecular formula is C57H93N3O24. The van der Waals surface area contributed by atoms with Crippen LogP contribution in [0, 0.1) is 17.8 Å². The first-order valence-electron chi connectivity index (χ1n) is 29.5. The van der Waals surface area contributed by atoms with Crippen molar-refractivity contribution in [3.05, 3.63) is 35.9 Å². The molecule has 27 nitrogen and oxygen atoms in total. The lowest BCUT2D eigenvalue weighted by atomic mass is 9.75. The molecule has 2 aliphatic heterocycles. The van der Waals surface area contributed by atoms with E-state index in [4.69, 9.17) is 61.6 Å². The molecule has 2 saturated heterocycles. The fourth-order valence-corrected chi connectivity index (χ4v) is 10.5. The summed E-state index contributed by atoms with van der Waals surface area (Å²) >= 11 is 0. The number of rotatable bonds is 40. The highest BCUT2D eigenvalue weighted by Crippen LogP contribution is 2.40. The van der Waals surface area contributed by atoms with Crippen LogP contribution < -0.4 is 16.0 Å². The molecule has 84 heavy (non-hydrogen) atoms. The lowest BCUT2D eigenvalue weighted by molar-refractivity contribution is -0.338. The molecule has 9 unspecified atom stereocenters. The van der Waals surface area contributed by atoms with Crippen molar-refractivity contribution in [1.29, 1.82) is 0 Å². The molecule has 4 aliphatic rings. The quantitative estimate of drug-likeness (QED) is 0.0296. The third-order valence-electron chi connectivity index (χ3n) is 15.0. The number of benzene rings is 1. The number of carboxylic acid groups (broad SMARTS) is 1. The normalized spacial score (nSPS) is 28.7. The SMILES string of the molecule is CCC1CC(C(=O)NCCNC(=O)COCCOCCOCCOCCOCCOCCOCC(=O)OCc2ccccc2)C[C@@H](O[C@@H]2OC(CO)[C@H](O)C(O[C@@H](CC3CCCCC3)C(=O)O)C2NC(C)=O)C1O[C@@H]1OC(C)[C@@H](O)C(O)C1O. The molecule has 3 amide bonds. The van der Waals surface area contributed by atoms with Crippen LogP contribution in [0.5, 0.6) is 0 Å². The number of hydrogen-bond acceptors (Lipinski definition) is 23. The first kappa shape index (κ1) is 70.7. The maximum absolute atomic E-state index is 13.9. The van der Waals surface area contributed by atoms with Crippen molar-refractivity contribution in [2.75, 3.05) is 112 Å². The third kappa shape index (κ3) is 24.9. The Morgan fingerprint density at radius 3 is 1.82 bits per heavy atom. The van der Waals surface area contributed by atoms with Crippen molar-refractivity contribution in [3.8, 4) is 0 Å². The van der Waals surface area contributed by atoms with Crippen LogP contribution in [0.1, 0.15) is 84.1 Å². The fraction of sp³-hybridized carbons (Fsp3) is 0.807. The molecule has 15 atom stereocenters. The van der Waals surface area contributed by atoms with Crippen LogP contribution in [0.4, 0.5) is 0 Å². The molecule has 5 rings (SSSR count). The van der Waals surface area contributed by atoms with Gasteiger partial charge in [-0.25, -0.2) is 9.59 Å². The highest BCUT2D eigenvalue weighted by Gasteiger charge is 2.53. The second-order valence-corrected chi connectivity index (χ2v) is 21.4. The van der Waals surface area contributed by atoms with E-state index in [2.05, 4.69) is 16.0 Å². The Morgan fingerprint density at radius 2 is 1.25 bits per heavy atom. The average Bonchev–Trinajstić information content (AvgIpc) is 2.06. The Kier molecular flexibility index (Phi) is 33.3. The van der Waals surface area contributed by atoms with E-state index < -0.39 is 122 Å². The summed E-state index contributed by atoms with van der Waals surface area (Å²) in [4.78, 5) is 63.7. The van der Waals surface area contributed by atoms with Gasteiger partial charge in [0.1, 0.15) is 62.5 Å². The van der Waals surface area contributed by atoms with Crippen molar-refractivity contribution >= 4 is 29.7 Å². The summed E-state index contributed by atoms with van der Waals surface area (Å²) in [5, 5.41) is 72.6. The second-order valence-electron chi connectivity index (χ2n) is 21.4. The number of aliphatic hydroxyl groups excluding tert-OH is 5. The molecular weight excluding hydrogens is 1110 g/mol. The Labute approximate surface area is 491 Å². The number of aliphatic hydroxyl groups is 5. The van der Waals surface area contributed by atoms with Gasteiger partial charge in [-0.3, -0.25) is 14.4 Å². The van der Waals surface area contributed by atoms with Crippen LogP contribution in [0.15, 0.2) is 30.3 Å². The van der Waals surface area contributed by atoms with E-state index in [0.717, 1.165) is 37.7 Å². The molecule has 4 fully saturated rings. The summed E-state index contributed by atoms with van der Waals surface area (Å²) in [6.07, 6.45) is -11.3. The van der Waals surface area contributed by atoms with Gasteiger partial charge in [-0.2, -0.15) is 0 Å². The topological polar surface area (TPSA) is 363 Å². The van der Waals surface area contributed by atoms with Gasteiger partial charge >= 0.3 is 11.9 Å². The van der Waals surface area contributed by atoms with Gasteiger partial charge in [0.05, 0.1) is 104 Å². The number of hydrogen-bond donors (Lipinski definition) is 9. The minimum Gasteiger partial charge on any atom is -0.479 e. The number of carbonyl (C=O) groups excluding carboxylic acids is 4. The minimum absolute atomic E-state index is 0.0446. The molecule has 0 spiro atoms. The number of carboxylic acids is 1. The number of esters is 1. The summed E-state index contributed by atoms with van der Waals surface area (Å²) in [6, 6.07) is 8.04. The Morgan fingerprint density at radius 1 is 0.667 bits per heavy atom. The molecule has 480 valence electrons. The molecule has 27 heteroatoms. The number of aliphatic carboxylic acids is 1. The number of nitrogens with one attached hydrogen (secondary N) is 3. The van der Waals surface area contributed by atoms with Crippen molar-refractivity contribution in [2.24, 2.45) is 17.8 Å². The van der Waals surface area contributed by atoms with E-state index in [0.29, 0.717) is 65.9 Å². The van der Waals surface area contributed by atoms with Crippen LogP contribution in [-0.4, -0.2) is 252 Å². The van der Waals surface area contributed by atoms with Gasteiger partial charge in [0.25, 0.3) is 0 Å². The standard InChI is InChI=1S/C57H93N3O24/c1-4-40-30-41(54(69)59-16-15-58-45(63)34-77-27-25-75-23-21-73-19-17-72-18-20-74-22-24-76-26-28-78-35-46(64)79-33-39-13-9-6-10-14-39)31-42(52(40)84-57-51(68)50(67)48(65)36(2)80-57)82-56-47(60-37(3)62)53(49(66)44(32-61)83-56)81-43(55(70)71)29-38-11-7-5-8-12-38/h6,9-10,13-14,36,38,40-44,47-53,56-57,61,65-68H,4-5,7-8,11-12,15-35H2,1-3H3,(H,58,63)(H,59,69)(H,60,62)(H,70,71)/t36?,40?,41?,42-,43+,44?,47?,48-,49+,50?,51?,52?,53?,56-,57+/m1/s1. The molecule has 0 aromatic heterocycles. The van der Waals surface area contributed by atoms with Crippen molar-refractivity contribution in [3.63, 3.8) is 0 Å². The lowest BCUT2D eigenvalue weighted by Crippen LogP contribution is -2.67. The van der Waals surface area contributed by atoms with Crippen LogP contribution in [0.25, 0.3) is 0 Å². The van der Waals surface area contributed by atoms with E-state index in [1.165, 1.54) is 13.8 Å². The van der Waals surface area contributed by atoms with Crippen molar-refractivity contribution in [1.82, 2.24) is 16.0 Å². The van der Waals surface area contributed by atoms with Gasteiger partial charge in [-0.05, 0) is 43.6 Å². The first-order valence-corrected chi connectivity index (χ1v) is 29.5. The zero-order valence-electron chi connectivity index (χ0n) is 48.7. The van der Waals surface area contributed by atoms with Gasteiger partial charge in [0.15, 0.2) is 18.7 Å². The molecule has 2 heterocycles. The maximum Gasteiger partial charge on any atom is 0.332 e. The van der Waals surface area contributed by atoms with Crippen molar-refractivity contribution in [2.45, 2.75) is 165 Å². The summed E-state index contributed by atoms with van der Waals surface area (Å²) in [7, 11) is 0. The van der Waals surface area contributed by atoms with Crippen LogP contribution >= 0.6 is 0 Å². The highest BCUT2D eigenvalue weighted by molar-refractivity contribution is 5.79. The molecule has 2 saturated carbocycles. The monoisotopic (exact) mass is 1200 g/mol. The van der Waals surface area contributed by atoms with E-state index in [1.807, 2.05) is 37.3 Å². The van der Waals surface area contributed by atoms with Gasteiger partial charge in [-0.1, -0.05) is 75.8 Å². The molecule has 2 aliphatic carbocycles. The number of amides is 3. The third-order valence-corrected chi connectivity index (χ3v) is 15.0. The lowest BCUT2D eigenvalue weighted by Gasteiger charge is -2.49. The summed E-state index contributed by atoms with van der Waals surface area (Å²) in [5.41, 5.74) is 0.903. The largest absolute Gasteiger partial charge is 0.479 e. The fourth-order valence-electron chi connectivity index (χ4n) is 10.5. The summed E-state index contributed by atoms with van der Waals surface area (Å²) in [6.45, 7) is 7.58. The van der Waals surface area contributed by atoms with Crippen LogP contribution in [-0.2, 0) is 92.2 Å². The highest BCUT2D eigenvalue weighted by atomic mass is 16.7. The van der Waals surface area contributed by atoms with Gasteiger partial charge < -0.3 is 108 Å². The Balaban J connectivity index is 0.982. The predicted octanol–water partition coefficient (Wildman–Crippen LogP) is -0.496. The predicted molar refractivity (Wildman–Crippen MR) is 293 cm³/mol. The Bertz CT molecular complexity index is 2030. The maximum atomic E-state index is 13.9. The minimum atomic E-state index is -1.69. The van der Waals surface area contributed by atoms with E-state index in [9.17, 15) is 54.6 Å². The summed E-state index contributed by atoms with van der Waals surface area (Å²) in [5.74, 6) is -4.26. The van der Waals surface area contributed by atoms with E-state index >= 15 is 0 Å². The smallest absolute Gasteiger partial charge is 0.332 e. The van der Waals surface area contributed by atoms with Gasteiger partial charge in [0, 0.05) is 25.9 Å². The molecule has 1 aromatic carbocycles. The van der Waals surface area contributed by atoms with Crippen molar-refractivity contribution < 1.29 is 116 Å². The second kappa shape index (κ2) is 39.6. The molecule has 1 aromatic rings. The number of ether oxygens (including phenoxy) is 13. The Hall–Kier alpha value is -4.11. The van der Waals surface area contributed by atoms with E-state index in [1.54, 1.807) is 0 Å². The zero-order chi connectivity index (χ0) is 60.6. The average molecular weight is 1200 g/mol. The van der Waals surface area contributed by atoms with Crippen LogP contribution in [0.2, 0.25) is 0 Å². The molecule has 9 N–H and O–H groups in total. The summed E-state index contributed by atoms with van der Waals surface area (Å²) < 4.78 is 74.5. The van der Waals surface area contributed by atoms with Gasteiger partial charge in [0.2, 0.25) is 17.7 Å². The molecule has 0 radical (unpaired) electrons. The van der Waals surface area contributed by atoms with Crippen LogP contribution in [0.3, 0.4) is 0 Å². The first-order chi connectivity index (χ1) is 40.6. The number of carbonyl (C=O) groups is 5. The van der Waals surface area contributed by atoms with Gasteiger partial charge in [-0.15, -0.1) is 0 Å². The molecule has 0 bridgehead atoms. The van der Waals surface area contributed by atoms with E-state index in [-0.39, 0.29) is 83.8 Å².